The van der Waals surface area contributed by atoms with Gasteiger partial charge in [-0.25, -0.2) is 0 Å². The Kier molecular flexibility index (Phi) is 6.52. The SMILES string of the molecule is CCCOc1ccc(C(=O)N2CCNCC2)cc1OCCC. The molecule has 0 atom stereocenters. The second-order valence-corrected chi connectivity index (χ2v) is 5.40. The lowest BCUT2D eigenvalue weighted by Gasteiger charge is -2.27. The second-order valence-electron chi connectivity index (χ2n) is 5.40. The van der Waals surface area contributed by atoms with Crippen molar-refractivity contribution in [2.45, 2.75) is 26.7 Å². The molecule has 0 aliphatic carbocycles. The average Bonchev–Trinajstić information content (AvgIpc) is 2.58. The zero-order chi connectivity index (χ0) is 15.8. The molecule has 0 aromatic heterocycles. The van der Waals surface area contributed by atoms with Crippen LogP contribution in [-0.4, -0.2) is 50.2 Å². The van der Waals surface area contributed by atoms with E-state index in [-0.39, 0.29) is 5.91 Å². The van der Waals surface area contributed by atoms with Gasteiger partial charge in [-0.05, 0) is 31.0 Å². The van der Waals surface area contributed by atoms with Crippen LogP contribution in [0, 0.1) is 0 Å². The van der Waals surface area contributed by atoms with Gasteiger partial charge in [-0.2, -0.15) is 0 Å². The number of nitrogens with zero attached hydrogens (tertiary/aromatic N) is 1. The summed E-state index contributed by atoms with van der Waals surface area (Å²) in [6.07, 6.45) is 1.86. The number of piperazine rings is 1. The van der Waals surface area contributed by atoms with Crippen molar-refractivity contribution in [3.63, 3.8) is 0 Å². The van der Waals surface area contributed by atoms with Gasteiger partial charge < -0.3 is 19.7 Å². The Hall–Kier alpha value is -1.75. The van der Waals surface area contributed by atoms with Gasteiger partial charge in [0.15, 0.2) is 11.5 Å². The maximum atomic E-state index is 12.6. The minimum absolute atomic E-state index is 0.0601. The number of nitrogens with one attached hydrogen (secondary N) is 1. The first-order valence-corrected chi connectivity index (χ1v) is 8.16. The van der Waals surface area contributed by atoms with Crippen LogP contribution in [0.3, 0.4) is 0 Å². The number of hydrogen-bond donors (Lipinski definition) is 1. The second kappa shape index (κ2) is 8.63. The van der Waals surface area contributed by atoms with Crippen molar-refractivity contribution in [3.8, 4) is 11.5 Å². The number of rotatable bonds is 7. The molecule has 5 nitrogen and oxygen atoms in total. The molecule has 122 valence electrons. The minimum atomic E-state index is 0.0601. The number of amides is 1. The van der Waals surface area contributed by atoms with Gasteiger partial charge >= 0.3 is 0 Å². The van der Waals surface area contributed by atoms with Crippen LogP contribution >= 0.6 is 0 Å². The third kappa shape index (κ3) is 4.37. The maximum absolute atomic E-state index is 12.6. The summed E-state index contributed by atoms with van der Waals surface area (Å²) in [5, 5.41) is 3.25. The Balaban J connectivity index is 2.15. The van der Waals surface area contributed by atoms with Crippen molar-refractivity contribution in [2.75, 3.05) is 39.4 Å². The highest BCUT2D eigenvalue weighted by Gasteiger charge is 2.19. The molecule has 1 aromatic rings. The molecule has 1 fully saturated rings. The molecule has 22 heavy (non-hydrogen) atoms. The molecule has 1 aliphatic rings. The predicted octanol–water partition coefficient (Wildman–Crippen LogP) is 2.31. The third-order valence-electron chi connectivity index (χ3n) is 3.52. The van der Waals surface area contributed by atoms with Gasteiger partial charge in [-0.1, -0.05) is 13.8 Å². The zero-order valence-corrected chi connectivity index (χ0v) is 13.6. The van der Waals surface area contributed by atoms with Crippen LogP contribution in [0.25, 0.3) is 0 Å². The van der Waals surface area contributed by atoms with Gasteiger partial charge in [0.1, 0.15) is 0 Å². The van der Waals surface area contributed by atoms with Crippen molar-refractivity contribution in [2.24, 2.45) is 0 Å². The van der Waals surface area contributed by atoms with E-state index in [0.717, 1.165) is 39.0 Å². The van der Waals surface area contributed by atoms with Crippen LogP contribution in [0.15, 0.2) is 18.2 Å². The largest absolute Gasteiger partial charge is 0.490 e. The van der Waals surface area contributed by atoms with Crippen LogP contribution in [0.2, 0.25) is 0 Å². The van der Waals surface area contributed by atoms with Crippen molar-refractivity contribution in [1.29, 1.82) is 0 Å². The van der Waals surface area contributed by atoms with E-state index in [2.05, 4.69) is 19.2 Å². The quantitative estimate of drug-likeness (QED) is 0.840. The molecule has 0 spiro atoms. The average molecular weight is 306 g/mol. The summed E-state index contributed by atoms with van der Waals surface area (Å²) in [5.74, 6) is 1.44. The van der Waals surface area contributed by atoms with Crippen LogP contribution < -0.4 is 14.8 Å². The lowest BCUT2D eigenvalue weighted by Crippen LogP contribution is -2.46. The summed E-state index contributed by atoms with van der Waals surface area (Å²) < 4.78 is 11.5. The van der Waals surface area contributed by atoms with E-state index >= 15 is 0 Å². The van der Waals surface area contributed by atoms with Crippen molar-refractivity contribution in [3.05, 3.63) is 23.8 Å². The fourth-order valence-electron chi connectivity index (χ4n) is 2.35. The monoisotopic (exact) mass is 306 g/mol. The lowest BCUT2D eigenvalue weighted by atomic mass is 10.1. The van der Waals surface area contributed by atoms with Crippen molar-refractivity contribution in [1.82, 2.24) is 10.2 Å². The Bertz CT molecular complexity index is 485. The van der Waals surface area contributed by atoms with Gasteiger partial charge in [-0.15, -0.1) is 0 Å². The summed E-state index contributed by atoms with van der Waals surface area (Å²) in [7, 11) is 0. The molecular weight excluding hydrogens is 280 g/mol. The molecule has 1 aliphatic heterocycles. The van der Waals surface area contributed by atoms with E-state index in [9.17, 15) is 4.79 Å². The molecule has 1 N–H and O–H groups in total. The number of carbonyl (C=O) groups excluding carboxylic acids is 1. The minimum Gasteiger partial charge on any atom is -0.490 e. The van der Waals surface area contributed by atoms with Crippen LogP contribution in [0.5, 0.6) is 11.5 Å². The molecule has 5 heteroatoms. The van der Waals surface area contributed by atoms with E-state index in [1.54, 1.807) is 0 Å². The van der Waals surface area contributed by atoms with Crippen molar-refractivity contribution < 1.29 is 14.3 Å². The molecule has 2 rings (SSSR count). The normalized spacial score (nSPS) is 14.7. The van der Waals surface area contributed by atoms with Gasteiger partial charge in [0, 0.05) is 31.7 Å². The van der Waals surface area contributed by atoms with E-state index in [0.29, 0.717) is 30.3 Å². The summed E-state index contributed by atoms with van der Waals surface area (Å²) in [6, 6.07) is 5.48. The smallest absolute Gasteiger partial charge is 0.254 e. The molecule has 1 amide bonds. The Morgan fingerprint density at radius 3 is 2.36 bits per heavy atom. The first-order valence-electron chi connectivity index (χ1n) is 8.16. The zero-order valence-electron chi connectivity index (χ0n) is 13.6. The summed E-state index contributed by atoms with van der Waals surface area (Å²) in [4.78, 5) is 14.4. The van der Waals surface area contributed by atoms with Gasteiger partial charge in [-0.3, -0.25) is 4.79 Å². The molecular formula is C17H26N2O3. The highest BCUT2D eigenvalue weighted by Crippen LogP contribution is 2.29. The third-order valence-corrected chi connectivity index (χ3v) is 3.52. The Morgan fingerprint density at radius 1 is 1.09 bits per heavy atom. The molecule has 1 heterocycles. The maximum Gasteiger partial charge on any atom is 0.254 e. The number of benzene rings is 1. The first-order chi connectivity index (χ1) is 10.8. The van der Waals surface area contributed by atoms with E-state index in [1.165, 1.54) is 0 Å². The first kappa shape index (κ1) is 16.6. The number of ether oxygens (including phenoxy) is 2. The van der Waals surface area contributed by atoms with Crippen LogP contribution in [0.1, 0.15) is 37.0 Å². The van der Waals surface area contributed by atoms with E-state index in [4.69, 9.17) is 9.47 Å². The van der Waals surface area contributed by atoms with Gasteiger partial charge in [0.25, 0.3) is 5.91 Å². The fourth-order valence-corrected chi connectivity index (χ4v) is 2.35. The summed E-state index contributed by atoms with van der Waals surface area (Å²) in [6.45, 7) is 8.58. The Labute approximate surface area is 132 Å². The van der Waals surface area contributed by atoms with Crippen molar-refractivity contribution >= 4 is 5.91 Å². The van der Waals surface area contributed by atoms with E-state index < -0.39 is 0 Å². The molecule has 0 saturated carbocycles. The molecule has 1 aromatic carbocycles. The predicted molar refractivity (Wildman–Crippen MR) is 86.8 cm³/mol. The summed E-state index contributed by atoms with van der Waals surface area (Å²) in [5.41, 5.74) is 0.664. The highest BCUT2D eigenvalue weighted by molar-refractivity contribution is 5.95. The van der Waals surface area contributed by atoms with E-state index in [1.807, 2.05) is 23.1 Å². The van der Waals surface area contributed by atoms with Gasteiger partial charge in [0.2, 0.25) is 0 Å². The molecule has 1 saturated heterocycles. The van der Waals surface area contributed by atoms with Crippen LogP contribution in [0.4, 0.5) is 0 Å². The fraction of sp³-hybridized carbons (Fsp3) is 0.588. The van der Waals surface area contributed by atoms with Crippen LogP contribution in [-0.2, 0) is 0 Å². The molecule has 0 unspecified atom stereocenters. The Morgan fingerprint density at radius 2 is 1.73 bits per heavy atom. The standard InChI is InChI=1S/C17H26N2O3/c1-3-11-21-15-6-5-14(13-16(15)22-12-4-2)17(20)19-9-7-18-8-10-19/h5-6,13,18H,3-4,7-12H2,1-2H3. The topological polar surface area (TPSA) is 50.8 Å². The molecule has 0 bridgehead atoms. The highest BCUT2D eigenvalue weighted by atomic mass is 16.5. The summed E-state index contributed by atoms with van der Waals surface area (Å²) >= 11 is 0. The number of carbonyl (C=O) groups is 1. The lowest BCUT2D eigenvalue weighted by molar-refractivity contribution is 0.0735. The molecule has 0 radical (unpaired) electrons. The van der Waals surface area contributed by atoms with Gasteiger partial charge in [0.05, 0.1) is 13.2 Å². The number of hydrogen-bond acceptors (Lipinski definition) is 4.